The Morgan fingerprint density at radius 3 is 2.38 bits per heavy atom. The summed E-state index contributed by atoms with van der Waals surface area (Å²) < 4.78 is 1.94. The number of imide groups is 1. The molecule has 2 aromatic rings. The quantitative estimate of drug-likeness (QED) is 0.481. The molecule has 2 N–H and O–H groups in total. The Bertz CT molecular complexity index is 1050. The van der Waals surface area contributed by atoms with Gasteiger partial charge in [0.15, 0.2) is 0 Å². The van der Waals surface area contributed by atoms with Gasteiger partial charge in [0.2, 0.25) is 5.91 Å². The Morgan fingerprint density at radius 2 is 1.76 bits per heavy atom. The van der Waals surface area contributed by atoms with Crippen LogP contribution in [0, 0.1) is 23.7 Å². The first-order chi connectivity index (χ1) is 14.0. The second-order valence-electron chi connectivity index (χ2n) is 8.09. The van der Waals surface area contributed by atoms with E-state index >= 15 is 0 Å². The number of nitrogens with zero attached hydrogens (tertiary/aromatic N) is 3. The molecule has 7 nitrogen and oxygen atoms in total. The number of nitrogens with two attached hydrogens (primary N) is 1. The van der Waals surface area contributed by atoms with Crippen LogP contribution in [-0.4, -0.2) is 33.5 Å². The van der Waals surface area contributed by atoms with Crippen molar-refractivity contribution >= 4 is 34.8 Å². The van der Waals surface area contributed by atoms with Crippen molar-refractivity contribution in [2.45, 2.75) is 25.8 Å². The van der Waals surface area contributed by atoms with Crippen LogP contribution >= 0.6 is 0 Å². The minimum absolute atomic E-state index is 0.150. The van der Waals surface area contributed by atoms with Crippen LogP contribution in [0.2, 0.25) is 0 Å². The van der Waals surface area contributed by atoms with E-state index in [-0.39, 0.29) is 47.8 Å². The van der Waals surface area contributed by atoms with Crippen LogP contribution in [0.4, 0.5) is 0 Å². The molecule has 6 rings (SSSR count). The summed E-state index contributed by atoms with van der Waals surface area (Å²) in [6.45, 7) is 0.463. The van der Waals surface area contributed by atoms with Gasteiger partial charge in [-0.15, -0.1) is 0 Å². The summed E-state index contributed by atoms with van der Waals surface area (Å²) in [4.78, 5) is 37.0. The average molecular weight is 390 g/mol. The fourth-order valence-electron chi connectivity index (χ4n) is 5.09. The highest BCUT2D eigenvalue weighted by Crippen LogP contribution is 2.49. The fraction of sp³-hybridized carbons (Fsp3) is 0.364. The van der Waals surface area contributed by atoms with Crippen molar-refractivity contribution in [3.05, 3.63) is 48.2 Å². The monoisotopic (exact) mass is 390 g/mol. The van der Waals surface area contributed by atoms with Gasteiger partial charge >= 0.3 is 0 Å². The van der Waals surface area contributed by atoms with Crippen LogP contribution in [-0.2, 0) is 20.9 Å². The van der Waals surface area contributed by atoms with Gasteiger partial charge in [-0.1, -0.05) is 30.4 Å². The number of hydrogen-bond donors (Lipinski definition) is 1. The molecular weight excluding hydrogens is 368 g/mol. The molecule has 0 unspecified atom stereocenters. The van der Waals surface area contributed by atoms with E-state index in [9.17, 15) is 14.4 Å². The Labute approximate surface area is 167 Å². The van der Waals surface area contributed by atoms with E-state index in [1.165, 1.54) is 0 Å². The summed E-state index contributed by atoms with van der Waals surface area (Å²) in [5.74, 6) is -0.965. The molecule has 3 amide bonds. The molecule has 4 atom stereocenters. The fourth-order valence-corrected chi connectivity index (χ4v) is 5.09. The summed E-state index contributed by atoms with van der Waals surface area (Å²) >= 11 is 0. The van der Waals surface area contributed by atoms with E-state index < -0.39 is 0 Å². The summed E-state index contributed by atoms with van der Waals surface area (Å²) in [6.07, 6.45) is 9.81. The second kappa shape index (κ2) is 6.69. The van der Waals surface area contributed by atoms with Crippen LogP contribution in [0.5, 0.6) is 0 Å². The molecule has 1 saturated carbocycles. The standard InChI is InChI=1S/C22H22N4O3/c23-18(27)9-10-25-12-15(16-3-1-2-4-17(16)25)11-24-26-21(28)19-13-5-6-14(8-7-13)20(19)22(26)29/h1-6,11-14,19-20H,7-10H2,(H2,23,27)/b24-11-/t13-,14-,19-,20-/m0/s1. The number of carbonyl (C=O) groups is 3. The molecule has 2 fully saturated rings. The van der Waals surface area contributed by atoms with E-state index in [0.29, 0.717) is 6.54 Å². The second-order valence-corrected chi connectivity index (χ2v) is 8.09. The molecule has 0 spiro atoms. The molecule has 148 valence electrons. The zero-order valence-electron chi connectivity index (χ0n) is 15.9. The zero-order valence-corrected chi connectivity index (χ0v) is 15.9. The number of para-hydroxylation sites is 1. The number of rotatable bonds is 5. The Balaban J connectivity index is 1.45. The first-order valence-electron chi connectivity index (χ1n) is 10.0. The summed E-state index contributed by atoms with van der Waals surface area (Å²) in [5.41, 5.74) is 7.03. The normalized spacial score (nSPS) is 28.1. The van der Waals surface area contributed by atoms with Gasteiger partial charge < -0.3 is 10.3 Å². The van der Waals surface area contributed by atoms with Crippen LogP contribution in [0.1, 0.15) is 24.8 Å². The predicted molar refractivity (Wildman–Crippen MR) is 108 cm³/mol. The third-order valence-corrected chi connectivity index (χ3v) is 6.47. The number of hydrazone groups is 1. The van der Waals surface area contributed by atoms with Gasteiger partial charge in [0.25, 0.3) is 11.8 Å². The Hall–Kier alpha value is -3.22. The van der Waals surface area contributed by atoms with Gasteiger partial charge in [0.05, 0.1) is 18.1 Å². The lowest BCUT2D eigenvalue weighted by atomic mass is 9.63. The minimum atomic E-state index is -0.364. The van der Waals surface area contributed by atoms with Crippen molar-refractivity contribution in [2.75, 3.05) is 0 Å². The first kappa shape index (κ1) is 17.8. The molecule has 29 heavy (non-hydrogen) atoms. The SMILES string of the molecule is NC(=O)CCn1cc(/C=N\N2C(=O)[C@@H]3[C@@H](C2=O)[C@H]2C=C[C@H]3CC2)c2ccccc21. The van der Waals surface area contributed by atoms with Gasteiger partial charge in [-0.2, -0.15) is 10.1 Å². The van der Waals surface area contributed by atoms with Crippen molar-refractivity contribution in [3.63, 3.8) is 0 Å². The van der Waals surface area contributed by atoms with E-state index in [1.807, 2.05) is 35.0 Å². The molecule has 4 aliphatic rings. The van der Waals surface area contributed by atoms with E-state index in [4.69, 9.17) is 5.73 Å². The number of aromatic nitrogens is 1. The third kappa shape index (κ3) is 2.80. The molecule has 3 aliphatic carbocycles. The van der Waals surface area contributed by atoms with Crippen LogP contribution in [0.25, 0.3) is 10.9 Å². The highest BCUT2D eigenvalue weighted by molar-refractivity contribution is 6.07. The maximum atomic E-state index is 12.9. The summed E-state index contributed by atoms with van der Waals surface area (Å²) in [7, 11) is 0. The number of fused-ring (bicyclic) bond motifs is 2. The largest absolute Gasteiger partial charge is 0.370 e. The number of amides is 3. The van der Waals surface area contributed by atoms with Crippen LogP contribution in [0.15, 0.2) is 47.7 Å². The number of primary amides is 1. The molecule has 7 heteroatoms. The van der Waals surface area contributed by atoms with Crippen molar-refractivity contribution < 1.29 is 14.4 Å². The van der Waals surface area contributed by atoms with Gasteiger partial charge in [-0.25, -0.2) is 0 Å². The maximum Gasteiger partial charge on any atom is 0.254 e. The topological polar surface area (TPSA) is 97.8 Å². The van der Waals surface area contributed by atoms with Gasteiger partial charge in [0.1, 0.15) is 0 Å². The Morgan fingerprint density at radius 1 is 1.10 bits per heavy atom. The molecular formula is C22H22N4O3. The van der Waals surface area contributed by atoms with Gasteiger partial charge in [-0.3, -0.25) is 14.4 Å². The average Bonchev–Trinajstić information content (AvgIpc) is 3.22. The van der Waals surface area contributed by atoms with Crippen LogP contribution < -0.4 is 5.73 Å². The Kier molecular flexibility index (Phi) is 4.12. The molecule has 1 saturated heterocycles. The van der Waals surface area contributed by atoms with Gasteiger partial charge in [-0.05, 0) is 30.7 Å². The van der Waals surface area contributed by atoms with Crippen molar-refractivity contribution in [2.24, 2.45) is 34.5 Å². The number of aryl methyl sites for hydroxylation is 1. The van der Waals surface area contributed by atoms with Crippen LogP contribution in [0.3, 0.4) is 0 Å². The number of carbonyl (C=O) groups excluding carboxylic acids is 3. The van der Waals surface area contributed by atoms with E-state index in [0.717, 1.165) is 34.3 Å². The third-order valence-electron chi connectivity index (χ3n) is 6.47. The molecule has 2 heterocycles. The molecule has 1 aromatic heterocycles. The number of benzene rings is 1. The van der Waals surface area contributed by atoms with Gasteiger partial charge in [0, 0.05) is 35.6 Å². The molecule has 1 aliphatic heterocycles. The smallest absolute Gasteiger partial charge is 0.254 e. The van der Waals surface area contributed by atoms with E-state index in [2.05, 4.69) is 17.3 Å². The first-order valence-corrected chi connectivity index (χ1v) is 10.0. The predicted octanol–water partition coefficient (Wildman–Crippen LogP) is 2.05. The maximum absolute atomic E-state index is 12.9. The highest BCUT2D eigenvalue weighted by Gasteiger charge is 2.56. The summed E-state index contributed by atoms with van der Waals surface area (Å²) in [6, 6.07) is 7.75. The lowest BCUT2D eigenvalue weighted by molar-refractivity contribution is -0.140. The molecule has 2 bridgehead atoms. The highest BCUT2D eigenvalue weighted by atomic mass is 16.2. The number of allylic oxidation sites excluding steroid dienone is 2. The van der Waals surface area contributed by atoms with Crippen molar-refractivity contribution in [1.29, 1.82) is 0 Å². The summed E-state index contributed by atoms with van der Waals surface area (Å²) in [5, 5.41) is 6.33. The zero-order chi connectivity index (χ0) is 20.1. The van der Waals surface area contributed by atoms with Crippen molar-refractivity contribution in [1.82, 2.24) is 9.58 Å². The van der Waals surface area contributed by atoms with E-state index in [1.54, 1.807) is 6.21 Å². The molecule has 1 aromatic carbocycles. The number of hydrogen-bond acceptors (Lipinski definition) is 4. The molecule has 0 radical (unpaired) electrons. The lowest BCUT2D eigenvalue weighted by Crippen LogP contribution is -2.38. The lowest BCUT2D eigenvalue weighted by Gasteiger charge is -2.37. The van der Waals surface area contributed by atoms with Crippen molar-refractivity contribution in [3.8, 4) is 0 Å². The minimum Gasteiger partial charge on any atom is -0.370 e.